The lowest BCUT2D eigenvalue weighted by molar-refractivity contribution is -0.137. The summed E-state index contributed by atoms with van der Waals surface area (Å²) in [4.78, 5) is 35.3. The van der Waals surface area contributed by atoms with Crippen LogP contribution in [-0.4, -0.2) is 28.5 Å². The molecule has 0 saturated carbocycles. The quantitative estimate of drug-likeness (QED) is 0.241. The average Bonchev–Trinajstić information content (AvgIpc) is 2.91. The predicted octanol–water partition coefficient (Wildman–Crippen LogP) is 6.06. The Hall–Kier alpha value is -5.00. The van der Waals surface area contributed by atoms with Gasteiger partial charge in [0.05, 0.1) is 5.56 Å². The molecule has 206 valence electrons. The highest BCUT2D eigenvalue weighted by Gasteiger charge is 2.31. The van der Waals surface area contributed by atoms with E-state index in [1.807, 2.05) is 0 Å². The van der Waals surface area contributed by atoms with Gasteiger partial charge in [0, 0.05) is 29.5 Å². The Bertz CT molecular complexity index is 1540. The zero-order valence-electron chi connectivity index (χ0n) is 21.2. The molecule has 8 nitrogen and oxygen atoms in total. The van der Waals surface area contributed by atoms with Crippen LogP contribution in [0.15, 0.2) is 79.1 Å². The Labute approximate surface area is 226 Å². The summed E-state index contributed by atoms with van der Waals surface area (Å²) in [5.41, 5.74) is 6.26. The van der Waals surface area contributed by atoms with Crippen molar-refractivity contribution in [2.45, 2.75) is 19.5 Å². The van der Waals surface area contributed by atoms with Gasteiger partial charge in [0.25, 0.3) is 5.91 Å². The molecule has 12 heteroatoms. The molecule has 0 aliphatic carbocycles. The fraction of sp³-hybridized carbons (Fsp3) is 0.143. The second-order valence-corrected chi connectivity index (χ2v) is 8.79. The Morgan fingerprint density at radius 3 is 2.45 bits per heavy atom. The lowest BCUT2D eigenvalue weighted by Gasteiger charge is -2.23. The van der Waals surface area contributed by atoms with E-state index in [9.17, 15) is 27.2 Å². The first-order chi connectivity index (χ1) is 19.0. The molecule has 0 aliphatic heterocycles. The summed E-state index contributed by atoms with van der Waals surface area (Å²) in [6.45, 7) is 1.77. The molecule has 4 aromatic rings. The molecule has 1 heterocycles. The van der Waals surface area contributed by atoms with Crippen LogP contribution in [0.4, 0.5) is 45.4 Å². The smallest absolute Gasteiger partial charge is 0.384 e. The van der Waals surface area contributed by atoms with E-state index < -0.39 is 29.5 Å². The molecule has 0 aliphatic rings. The molecule has 0 fully saturated rings. The normalized spacial score (nSPS) is 11.1. The summed E-state index contributed by atoms with van der Waals surface area (Å²) in [6.07, 6.45) is -3.22. The highest BCUT2D eigenvalue weighted by Crippen LogP contribution is 2.30. The second-order valence-electron chi connectivity index (χ2n) is 8.79. The van der Waals surface area contributed by atoms with Crippen molar-refractivity contribution in [2.75, 3.05) is 27.8 Å². The number of alkyl halides is 3. The SMILES string of the molecule is Cc1ccc(NC(=O)c2cccc(C(F)(F)F)c2)cc1NC(=O)N(CCc1ccccc1F)c1cc(N)ncn1. The summed E-state index contributed by atoms with van der Waals surface area (Å²) in [5, 5.41) is 5.30. The lowest BCUT2D eigenvalue weighted by atomic mass is 10.1. The van der Waals surface area contributed by atoms with E-state index in [-0.39, 0.29) is 35.9 Å². The second kappa shape index (κ2) is 11.8. The number of urea groups is 1. The number of nitrogens with two attached hydrogens (primary N) is 1. The van der Waals surface area contributed by atoms with Crippen LogP contribution < -0.4 is 21.3 Å². The number of halogens is 4. The minimum Gasteiger partial charge on any atom is -0.384 e. The van der Waals surface area contributed by atoms with Crippen LogP contribution in [0.3, 0.4) is 0 Å². The molecule has 4 N–H and O–H groups in total. The molecule has 3 aromatic carbocycles. The molecule has 3 amide bonds. The first kappa shape index (κ1) is 28.0. The van der Waals surface area contributed by atoms with Crippen LogP contribution in [0, 0.1) is 12.7 Å². The number of hydrogen-bond acceptors (Lipinski definition) is 5. The summed E-state index contributed by atoms with van der Waals surface area (Å²) in [7, 11) is 0. The third-order valence-corrected chi connectivity index (χ3v) is 5.95. The van der Waals surface area contributed by atoms with E-state index in [1.54, 1.807) is 37.3 Å². The zero-order valence-corrected chi connectivity index (χ0v) is 21.2. The predicted molar refractivity (Wildman–Crippen MR) is 143 cm³/mol. The van der Waals surface area contributed by atoms with Gasteiger partial charge in [-0.1, -0.05) is 30.3 Å². The fourth-order valence-electron chi connectivity index (χ4n) is 3.82. The zero-order chi connectivity index (χ0) is 28.9. The maximum atomic E-state index is 14.2. The van der Waals surface area contributed by atoms with E-state index in [0.717, 1.165) is 18.2 Å². The molecule has 0 bridgehead atoms. The minimum absolute atomic E-state index is 0.0498. The van der Waals surface area contributed by atoms with Crippen LogP contribution in [0.1, 0.15) is 27.0 Å². The van der Waals surface area contributed by atoms with Gasteiger partial charge in [-0.2, -0.15) is 13.2 Å². The number of carbonyl (C=O) groups excluding carboxylic acids is 2. The lowest BCUT2D eigenvalue weighted by Crippen LogP contribution is -2.37. The van der Waals surface area contributed by atoms with Crippen molar-refractivity contribution in [3.05, 3.63) is 107 Å². The van der Waals surface area contributed by atoms with E-state index in [4.69, 9.17) is 5.73 Å². The maximum absolute atomic E-state index is 14.2. The van der Waals surface area contributed by atoms with Gasteiger partial charge in [-0.05, 0) is 60.9 Å². The molecule has 1 aromatic heterocycles. The van der Waals surface area contributed by atoms with E-state index in [2.05, 4.69) is 20.6 Å². The Balaban J connectivity index is 1.54. The van der Waals surface area contributed by atoms with Gasteiger partial charge in [-0.3, -0.25) is 9.69 Å². The van der Waals surface area contributed by atoms with Crippen LogP contribution in [0.5, 0.6) is 0 Å². The number of rotatable bonds is 7. The third kappa shape index (κ3) is 6.90. The van der Waals surface area contributed by atoms with Crippen molar-refractivity contribution < 1.29 is 27.2 Å². The van der Waals surface area contributed by atoms with Gasteiger partial charge in [-0.25, -0.2) is 19.2 Å². The highest BCUT2D eigenvalue weighted by atomic mass is 19.4. The molecule has 0 spiro atoms. The Kier molecular flexibility index (Phi) is 8.27. The van der Waals surface area contributed by atoms with Crippen molar-refractivity contribution >= 4 is 34.9 Å². The topological polar surface area (TPSA) is 113 Å². The number of aryl methyl sites for hydroxylation is 1. The summed E-state index contributed by atoms with van der Waals surface area (Å²) < 4.78 is 53.4. The largest absolute Gasteiger partial charge is 0.416 e. The fourth-order valence-corrected chi connectivity index (χ4v) is 3.82. The van der Waals surface area contributed by atoms with Gasteiger partial charge in [0.2, 0.25) is 0 Å². The third-order valence-electron chi connectivity index (χ3n) is 5.95. The van der Waals surface area contributed by atoms with Gasteiger partial charge in [-0.15, -0.1) is 0 Å². The van der Waals surface area contributed by atoms with Crippen molar-refractivity contribution in [3.8, 4) is 0 Å². The number of benzene rings is 3. The summed E-state index contributed by atoms with van der Waals surface area (Å²) in [6, 6.07) is 15.7. The van der Waals surface area contributed by atoms with Crippen molar-refractivity contribution in [1.29, 1.82) is 0 Å². The number of hydrogen-bond donors (Lipinski definition) is 3. The Morgan fingerprint density at radius 1 is 0.950 bits per heavy atom. The number of nitrogens with one attached hydrogen (secondary N) is 2. The number of carbonyl (C=O) groups is 2. The number of anilines is 4. The van der Waals surface area contributed by atoms with Gasteiger partial charge in [0.15, 0.2) is 0 Å². The van der Waals surface area contributed by atoms with E-state index >= 15 is 0 Å². The number of nitrogens with zero attached hydrogens (tertiary/aromatic N) is 3. The summed E-state index contributed by atoms with van der Waals surface area (Å²) >= 11 is 0. The van der Waals surface area contributed by atoms with Crippen molar-refractivity contribution in [3.63, 3.8) is 0 Å². The first-order valence-electron chi connectivity index (χ1n) is 12.0. The molecule has 0 radical (unpaired) electrons. The van der Waals surface area contributed by atoms with Crippen LogP contribution in [0.2, 0.25) is 0 Å². The van der Waals surface area contributed by atoms with Gasteiger partial charge >= 0.3 is 12.2 Å². The van der Waals surface area contributed by atoms with Crippen LogP contribution in [-0.2, 0) is 12.6 Å². The monoisotopic (exact) mass is 552 g/mol. The molecule has 40 heavy (non-hydrogen) atoms. The number of amides is 3. The molecular formula is C28H24F4N6O2. The Morgan fingerprint density at radius 2 is 1.73 bits per heavy atom. The molecule has 4 rings (SSSR count). The van der Waals surface area contributed by atoms with Crippen molar-refractivity contribution in [1.82, 2.24) is 9.97 Å². The summed E-state index contributed by atoms with van der Waals surface area (Å²) in [5.74, 6) is -0.850. The molecule has 0 unspecified atom stereocenters. The van der Waals surface area contributed by atoms with Crippen LogP contribution >= 0.6 is 0 Å². The molecule has 0 atom stereocenters. The van der Waals surface area contributed by atoms with Gasteiger partial charge < -0.3 is 16.4 Å². The van der Waals surface area contributed by atoms with E-state index in [1.165, 1.54) is 35.5 Å². The van der Waals surface area contributed by atoms with Crippen molar-refractivity contribution in [2.24, 2.45) is 0 Å². The minimum atomic E-state index is -4.59. The number of aromatic nitrogens is 2. The highest BCUT2D eigenvalue weighted by molar-refractivity contribution is 6.05. The number of nitrogen functional groups attached to an aromatic ring is 1. The average molecular weight is 553 g/mol. The van der Waals surface area contributed by atoms with Crippen LogP contribution in [0.25, 0.3) is 0 Å². The first-order valence-corrected chi connectivity index (χ1v) is 12.0. The molecule has 0 saturated heterocycles. The van der Waals surface area contributed by atoms with E-state index in [0.29, 0.717) is 16.8 Å². The molecular weight excluding hydrogens is 528 g/mol. The maximum Gasteiger partial charge on any atom is 0.416 e. The van der Waals surface area contributed by atoms with Gasteiger partial charge in [0.1, 0.15) is 23.8 Å². The standard InChI is InChI=1S/C28H24F4N6O2/c1-17-9-10-21(36-26(39)19-6-4-7-20(13-19)28(30,31)32)14-23(17)37-27(40)38(25-15-24(33)34-16-35-25)12-11-18-5-2-3-8-22(18)29/h2-10,13-16H,11-12H2,1H3,(H,36,39)(H,37,40)(H2,33,34,35).